The lowest BCUT2D eigenvalue weighted by molar-refractivity contribution is 0.415. The van der Waals surface area contributed by atoms with Gasteiger partial charge in [0.25, 0.3) is 0 Å². The SMILES string of the molecule is COc1ccc(N2CCN(c3nccc(Nc4cccc(Cl)c4)n3)CC2)cc1. The van der Waals surface area contributed by atoms with Gasteiger partial charge in [-0.15, -0.1) is 0 Å². The van der Waals surface area contributed by atoms with Gasteiger partial charge in [-0.05, 0) is 48.5 Å². The number of nitrogens with one attached hydrogen (secondary N) is 1. The molecule has 0 saturated carbocycles. The molecule has 1 aromatic heterocycles. The highest BCUT2D eigenvalue weighted by Gasteiger charge is 2.19. The van der Waals surface area contributed by atoms with Crippen molar-refractivity contribution in [2.24, 2.45) is 0 Å². The highest BCUT2D eigenvalue weighted by Crippen LogP contribution is 2.23. The summed E-state index contributed by atoms with van der Waals surface area (Å²) >= 11 is 6.05. The van der Waals surface area contributed by atoms with Crippen molar-refractivity contribution in [1.82, 2.24) is 9.97 Å². The molecule has 0 amide bonds. The molecule has 0 spiro atoms. The van der Waals surface area contributed by atoms with Crippen molar-refractivity contribution in [3.8, 4) is 5.75 Å². The summed E-state index contributed by atoms with van der Waals surface area (Å²) in [5, 5.41) is 3.97. The Kier molecular flexibility index (Phi) is 5.48. The molecule has 1 N–H and O–H groups in total. The number of halogens is 1. The smallest absolute Gasteiger partial charge is 0.227 e. The highest BCUT2D eigenvalue weighted by molar-refractivity contribution is 6.30. The lowest BCUT2D eigenvalue weighted by Gasteiger charge is -2.36. The van der Waals surface area contributed by atoms with Crippen LogP contribution in [0.15, 0.2) is 60.8 Å². The molecule has 1 aliphatic rings. The molecule has 7 heteroatoms. The predicted octanol–water partition coefficient (Wildman–Crippen LogP) is 4.21. The van der Waals surface area contributed by atoms with Gasteiger partial charge in [0.2, 0.25) is 5.95 Å². The van der Waals surface area contributed by atoms with Crippen molar-refractivity contribution in [3.05, 3.63) is 65.8 Å². The zero-order valence-electron chi connectivity index (χ0n) is 15.7. The van der Waals surface area contributed by atoms with E-state index in [9.17, 15) is 0 Å². The van der Waals surface area contributed by atoms with Crippen molar-refractivity contribution < 1.29 is 4.74 Å². The Balaban J connectivity index is 1.40. The van der Waals surface area contributed by atoms with Gasteiger partial charge in [-0.3, -0.25) is 0 Å². The van der Waals surface area contributed by atoms with Gasteiger partial charge in [0.15, 0.2) is 0 Å². The zero-order valence-corrected chi connectivity index (χ0v) is 16.4. The number of anilines is 4. The molecular weight excluding hydrogens is 374 g/mol. The molecule has 2 heterocycles. The van der Waals surface area contributed by atoms with Crippen molar-refractivity contribution in [2.75, 3.05) is 48.4 Å². The van der Waals surface area contributed by atoms with Crippen LogP contribution in [0.1, 0.15) is 0 Å². The average Bonchev–Trinajstić information content (AvgIpc) is 2.74. The summed E-state index contributed by atoms with van der Waals surface area (Å²) in [5.41, 5.74) is 2.11. The quantitative estimate of drug-likeness (QED) is 0.698. The molecule has 28 heavy (non-hydrogen) atoms. The normalized spacial score (nSPS) is 14.1. The molecule has 1 saturated heterocycles. The van der Waals surface area contributed by atoms with Crippen molar-refractivity contribution in [2.45, 2.75) is 0 Å². The molecule has 3 aromatic rings. The number of nitrogens with zero attached hydrogens (tertiary/aromatic N) is 4. The van der Waals surface area contributed by atoms with Crippen LogP contribution >= 0.6 is 11.6 Å². The molecule has 0 unspecified atom stereocenters. The van der Waals surface area contributed by atoms with Gasteiger partial charge in [0.1, 0.15) is 11.6 Å². The Labute approximate surface area is 169 Å². The number of piperazine rings is 1. The second-order valence-electron chi connectivity index (χ2n) is 6.55. The number of ether oxygens (including phenoxy) is 1. The van der Waals surface area contributed by atoms with Gasteiger partial charge < -0.3 is 19.9 Å². The maximum absolute atomic E-state index is 6.05. The zero-order chi connectivity index (χ0) is 19.3. The molecule has 2 aromatic carbocycles. The number of methoxy groups -OCH3 is 1. The van der Waals surface area contributed by atoms with E-state index in [2.05, 4.69) is 37.2 Å². The van der Waals surface area contributed by atoms with Gasteiger partial charge in [-0.2, -0.15) is 4.98 Å². The van der Waals surface area contributed by atoms with Gasteiger partial charge in [0.05, 0.1) is 7.11 Å². The second kappa shape index (κ2) is 8.35. The fourth-order valence-electron chi connectivity index (χ4n) is 3.24. The molecular formula is C21H22ClN5O. The third-order valence-electron chi connectivity index (χ3n) is 4.74. The Hall–Kier alpha value is -2.99. The van der Waals surface area contributed by atoms with Gasteiger partial charge in [0, 0.05) is 48.8 Å². The topological polar surface area (TPSA) is 53.5 Å². The van der Waals surface area contributed by atoms with E-state index in [1.807, 2.05) is 42.5 Å². The number of rotatable bonds is 5. The van der Waals surface area contributed by atoms with E-state index in [4.69, 9.17) is 16.3 Å². The Morgan fingerprint density at radius 3 is 2.43 bits per heavy atom. The highest BCUT2D eigenvalue weighted by atomic mass is 35.5. The van der Waals surface area contributed by atoms with Crippen LogP contribution in [0.2, 0.25) is 5.02 Å². The van der Waals surface area contributed by atoms with E-state index >= 15 is 0 Å². The van der Waals surface area contributed by atoms with Crippen LogP contribution in [-0.2, 0) is 0 Å². The van der Waals surface area contributed by atoms with Crippen molar-refractivity contribution in [3.63, 3.8) is 0 Å². The predicted molar refractivity (Wildman–Crippen MR) is 114 cm³/mol. The lowest BCUT2D eigenvalue weighted by atomic mass is 10.2. The van der Waals surface area contributed by atoms with Gasteiger partial charge in [-0.25, -0.2) is 4.98 Å². The largest absolute Gasteiger partial charge is 0.497 e. The lowest BCUT2D eigenvalue weighted by Crippen LogP contribution is -2.47. The molecule has 0 aliphatic carbocycles. The fourth-order valence-corrected chi connectivity index (χ4v) is 3.43. The molecule has 1 fully saturated rings. The molecule has 4 rings (SSSR count). The first-order chi connectivity index (χ1) is 13.7. The summed E-state index contributed by atoms with van der Waals surface area (Å²) in [7, 11) is 1.68. The first-order valence-electron chi connectivity index (χ1n) is 9.21. The molecule has 0 bridgehead atoms. The molecule has 1 aliphatic heterocycles. The molecule has 0 atom stereocenters. The van der Waals surface area contributed by atoms with Crippen molar-refractivity contribution in [1.29, 1.82) is 0 Å². The summed E-state index contributed by atoms with van der Waals surface area (Å²) in [5.74, 6) is 2.37. The Morgan fingerprint density at radius 1 is 0.964 bits per heavy atom. The summed E-state index contributed by atoms with van der Waals surface area (Å²) in [6, 6.07) is 17.6. The van der Waals surface area contributed by atoms with Crippen LogP contribution in [0.5, 0.6) is 5.75 Å². The number of aromatic nitrogens is 2. The summed E-state index contributed by atoms with van der Waals surface area (Å²) in [6.07, 6.45) is 1.78. The standard InChI is InChI=1S/C21H22ClN5O/c1-28-19-7-5-18(6-8-19)26-11-13-27(14-12-26)21-23-10-9-20(25-21)24-17-4-2-3-16(22)15-17/h2-10,15H,11-14H2,1H3,(H,23,24,25). The van der Waals surface area contributed by atoms with Crippen LogP contribution in [0.3, 0.4) is 0 Å². The van der Waals surface area contributed by atoms with E-state index in [1.54, 1.807) is 13.3 Å². The molecule has 144 valence electrons. The van der Waals surface area contributed by atoms with E-state index < -0.39 is 0 Å². The van der Waals surface area contributed by atoms with Crippen molar-refractivity contribution >= 4 is 34.7 Å². The maximum atomic E-state index is 6.05. The average molecular weight is 396 g/mol. The number of hydrogen-bond donors (Lipinski definition) is 1. The minimum Gasteiger partial charge on any atom is -0.497 e. The maximum Gasteiger partial charge on any atom is 0.227 e. The van der Waals surface area contributed by atoms with E-state index in [0.29, 0.717) is 5.02 Å². The molecule has 6 nitrogen and oxygen atoms in total. The first-order valence-corrected chi connectivity index (χ1v) is 9.59. The molecule has 0 radical (unpaired) electrons. The van der Waals surface area contributed by atoms with Gasteiger partial charge >= 0.3 is 0 Å². The third-order valence-corrected chi connectivity index (χ3v) is 4.98. The summed E-state index contributed by atoms with van der Waals surface area (Å²) in [4.78, 5) is 13.7. The Morgan fingerprint density at radius 2 is 1.71 bits per heavy atom. The van der Waals surface area contributed by atoms with Crippen LogP contribution in [-0.4, -0.2) is 43.3 Å². The van der Waals surface area contributed by atoms with E-state index in [0.717, 1.165) is 49.4 Å². The number of hydrogen-bond acceptors (Lipinski definition) is 6. The van der Waals surface area contributed by atoms with Crippen LogP contribution in [0, 0.1) is 0 Å². The van der Waals surface area contributed by atoms with Crippen LogP contribution in [0.4, 0.5) is 23.1 Å². The minimum absolute atomic E-state index is 0.689. The van der Waals surface area contributed by atoms with Crippen LogP contribution in [0.25, 0.3) is 0 Å². The first kappa shape index (κ1) is 18.4. The minimum atomic E-state index is 0.689. The Bertz CT molecular complexity index is 926. The monoisotopic (exact) mass is 395 g/mol. The summed E-state index contributed by atoms with van der Waals surface area (Å²) < 4.78 is 5.24. The van der Waals surface area contributed by atoms with E-state index in [1.165, 1.54) is 5.69 Å². The van der Waals surface area contributed by atoms with Gasteiger partial charge in [-0.1, -0.05) is 17.7 Å². The van der Waals surface area contributed by atoms with E-state index in [-0.39, 0.29) is 0 Å². The second-order valence-corrected chi connectivity index (χ2v) is 6.99. The van der Waals surface area contributed by atoms with Crippen LogP contribution < -0.4 is 19.9 Å². The fraction of sp³-hybridized carbons (Fsp3) is 0.238. The number of benzene rings is 2. The third kappa shape index (κ3) is 4.28. The summed E-state index contributed by atoms with van der Waals surface area (Å²) in [6.45, 7) is 3.57.